The maximum atomic E-state index is 13.7. The Morgan fingerprint density at radius 2 is 1.77 bits per heavy atom. The average molecular weight is 358 g/mol. The Kier molecular flexibility index (Phi) is 7.60. The summed E-state index contributed by atoms with van der Waals surface area (Å²) in [7, 11) is 3.60. The van der Waals surface area contributed by atoms with Crippen molar-refractivity contribution < 1.29 is 13.9 Å². The van der Waals surface area contributed by atoms with E-state index in [1.54, 1.807) is 30.1 Å². The van der Waals surface area contributed by atoms with Crippen LogP contribution in [-0.4, -0.2) is 49.5 Å². The highest BCUT2D eigenvalue weighted by atomic mass is 19.1. The molecule has 0 aromatic heterocycles. The van der Waals surface area contributed by atoms with Crippen LogP contribution in [0.25, 0.3) is 0 Å². The molecule has 5 heteroatoms. The number of aryl methyl sites for hydroxylation is 1. The van der Waals surface area contributed by atoms with E-state index in [0.717, 1.165) is 24.3 Å². The largest absolute Gasteiger partial charge is 0.493 e. The summed E-state index contributed by atoms with van der Waals surface area (Å²) in [5, 5.41) is 0. The number of hydrogen-bond donors (Lipinski definition) is 0. The molecule has 0 unspecified atom stereocenters. The number of carbonyl (C=O) groups is 1. The van der Waals surface area contributed by atoms with Crippen molar-refractivity contribution >= 4 is 5.91 Å². The normalized spacial score (nSPS) is 10.8. The lowest BCUT2D eigenvalue weighted by molar-refractivity contribution is -0.131. The van der Waals surface area contributed by atoms with Gasteiger partial charge in [-0.3, -0.25) is 9.69 Å². The molecule has 0 atom stereocenters. The lowest BCUT2D eigenvalue weighted by atomic mass is 10.2. The van der Waals surface area contributed by atoms with Crippen molar-refractivity contribution in [1.82, 2.24) is 9.80 Å². The second-order valence-electron chi connectivity index (χ2n) is 6.55. The Morgan fingerprint density at radius 3 is 2.50 bits per heavy atom. The van der Waals surface area contributed by atoms with Crippen molar-refractivity contribution in [3.63, 3.8) is 0 Å². The third kappa shape index (κ3) is 6.15. The molecule has 0 radical (unpaired) electrons. The summed E-state index contributed by atoms with van der Waals surface area (Å²) in [5.41, 5.74) is 1.64. The van der Waals surface area contributed by atoms with Gasteiger partial charge in [0, 0.05) is 25.7 Å². The quantitative estimate of drug-likeness (QED) is 0.643. The van der Waals surface area contributed by atoms with Crippen LogP contribution < -0.4 is 4.74 Å². The number of benzene rings is 2. The number of rotatable bonds is 9. The molecular weight excluding hydrogens is 331 g/mol. The van der Waals surface area contributed by atoms with E-state index in [2.05, 4.69) is 0 Å². The number of carbonyl (C=O) groups excluding carboxylic acids is 1. The first-order valence-electron chi connectivity index (χ1n) is 8.81. The molecule has 0 aliphatic carbocycles. The molecule has 0 spiro atoms. The van der Waals surface area contributed by atoms with Gasteiger partial charge in [0.2, 0.25) is 5.91 Å². The molecule has 0 saturated carbocycles. The van der Waals surface area contributed by atoms with Crippen molar-refractivity contribution in [1.29, 1.82) is 0 Å². The predicted molar refractivity (Wildman–Crippen MR) is 102 cm³/mol. The zero-order valence-electron chi connectivity index (χ0n) is 15.7. The van der Waals surface area contributed by atoms with E-state index < -0.39 is 0 Å². The van der Waals surface area contributed by atoms with Gasteiger partial charge in [0.25, 0.3) is 0 Å². The second-order valence-corrected chi connectivity index (χ2v) is 6.55. The zero-order chi connectivity index (χ0) is 18.9. The molecule has 0 N–H and O–H groups in total. The number of ether oxygens (including phenoxy) is 1. The summed E-state index contributed by atoms with van der Waals surface area (Å²) in [6.45, 7) is 3.95. The molecule has 0 saturated heterocycles. The van der Waals surface area contributed by atoms with Crippen molar-refractivity contribution in [2.24, 2.45) is 0 Å². The minimum atomic E-state index is -0.283. The lowest BCUT2D eigenvalue weighted by Crippen LogP contribution is -2.37. The maximum absolute atomic E-state index is 13.7. The molecule has 0 bridgehead atoms. The molecule has 2 aromatic carbocycles. The Hall–Kier alpha value is -2.40. The van der Waals surface area contributed by atoms with Crippen LogP contribution in [0, 0.1) is 12.7 Å². The van der Waals surface area contributed by atoms with Crippen LogP contribution in [0.4, 0.5) is 4.39 Å². The third-order valence-electron chi connectivity index (χ3n) is 4.23. The highest BCUT2D eigenvalue weighted by molar-refractivity contribution is 5.77. The van der Waals surface area contributed by atoms with Crippen molar-refractivity contribution in [3.8, 4) is 5.75 Å². The highest BCUT2D eigenvalue weighted by Gasteiger charge is 2.13. The maximum Gasteiger partial charge on any atom is 0.236 e. The fraction of sp³-hybridized carbons (Fsp3) is 0.381. The second kappa shape index (κ2) is 9.92. The molecule has 4 nitrogen and oxygen atoms in total. The van der Waals surface area contributed by atoms with Crippen LogP contribution in [0.3, 0.4) is 0 Å². The number of hydrogen-bond acceptors (Lipinski definition) is 3. The van der Waals surface area contributed by atoms with Crippen LogP contribution in [0.15, 0.2) is 48.5 Å². The average Bonchev–Trinajstić information content (AvgIpc) is 2.62. The Bertz CT molecular complexity index is 721. The molecule has 26 heavy (non-hydrogen) atoms. The first kappa shape index (κ1) is 19.9. The van der Waals surface area contributed by atoms with Crippen LogP contribution in [0.5, 0.6) is 5.75 Å². The van der Waals surface area contributed by atoms with E-state index in [-0.39, 0.29) is 18.3 Å². The smallest absolute Gasteiger partial charge is 0.236 e. The minimum Gasteiger partial charge on any atom is -0.493 e. The van der Waals surface area contributed by atoms with Crippen molar-refractivity contribution in [3.05, 3.63) is 65.5 Å². The number of likely N-dealkylation sites (N-methyl/N-ethyl adjacent to an activating group) is 2. The van der Waals surface area contributed by atoms with E-state index in [1.807, 2.05) is 43.1 Å². The molecule has 1 amide bonds. The van der Waals surface area contributed by atoms with Gasteiger partial charge >= 0.3 is 0 Å². The molecule has 0 aliphatic rings. The first-order chi connectivity index (χ1) is 12.5. The van der Waals surface area contributed by atoms with Gasteiger partial charge in [-0.2, -0.15) is 0 Å². The molecule has 0 heterocycles. The van der Waals surface area contributed by atoms with Crippen LogP contribution in [0.1, 0.15) is 17.5 Å². The molecule has 0 aliphatic heterocycles. The van der Waals surface area contributed by atoms with Gasteiger partial charge in [0.05, 0.1) is 13.2 Å². The van der Waals surface area contributed by atoms with Crippen molar-refractivity contribution in [2.75, 3.05) is 33.8 Å². The summed E-state index contributed by atoms with van der Waals surface area (Å²) in [5.74, 6) is 0.584. The van der Waals surface area contributed by atoms with Gasteiger partial charge in [-0.05, 0) is 38.1 Å². The third-order valence-corrected chi connectivity index (χ3v) is 4.23. The molecule has 2 rings (SSSR count). The Balaban J connectivity index is 1.69. The summed E-state index contributed by atoms with van der Waals surface area (Å²) in [4.78, 5) is 15.8. The Labute approximate surface area is 155 Å². The van der Waals surface area contributed by atoms with E-state index in [1.165, 1.54) is 6.07 Å². The molecular formula is C21H27FN2O2. The monoisotopic (exact) mass is 358 g/mol. The number of amides is 1. The van der Waals surface area contributed by atoms with Gasteiger partial charge < -0.3 is 9.64 Å². The zero-order valence-corrected chi connectivity index (χ0v) is 15.7. The van der Waals surface area contributed by atoms with E-state index in [4.69, 9.17) is 4.74 Å². The summed E-state index contributed by atoms with van der Waals surface area (Å²) < 4.78 is 19.5. The topological polar surface area (TPSA) is 32.8 Å². The van der Waals surface area contributed by atoms with Crippen LogP contribution >= 0.6 is 0 Å². The number of halogens is 1. The van der Waals surface area contributed by atoms with Crippen LogP contribution in [0.2, 0.25) is 0 Å². The fourth-order valence-electron chi connectivity index (χ4n) is 2.64. The molecule has 0 fully saturated rings. The summed E-state index contributed by atoms with van der Waals surface area (Å²) >= 11 is 0. The summed E-state index contributed by atoms with van der Waals surface area (Å²) in [6.07, 6.45) is 0.829. The van der Waals surface area contributed by atoms with Crippen LogP contribution in [-0.2, 0) is 11.3 Å². The Morgan fingerprint density at radius 1 is 1.08 bits per heavy atom. The number of nitrogens with zero attached hydrogens (tertiary/aromatic N) is 2. The molecule has 140 valence electrons. The fourth-order valence-corrected chi connectivity index (χ4v) is 2.64. The van der Waals surface area contributed by atoms with Gasteiger partial charge in [-0.25, -0.2) is 4.39 Å². The minimum absolute atomic E-state index is 0.0319. The van der Waals surface area contributed by atoms with Crippen molar-refractivity contribution in [2.45, 2.75) is 19.9 Å². The standard InChI is InChI=1S/C21H27FN2O2/c1-17-9-4-7-12-20(17)26-14-8-13-23(2)16-21(25)24(3)15-18-10-5-6-11-19(18)22/h4-7,9-12H,8,13-16H2,1-3H3. The first-order valence-corrected chi connectivity index (χ1v) is 8.81. The molecule has 2 aromatic rings. The highest BCUT2D eigenvalue weighted by Crippen LogP contribution is 2.16. The van der Waals surface area contributed by atoms with E-state index >= 15 is 0 Å². The van der Waals surface area contributed by atoms with Gasteiger partial charge in [-0.1, -0.05) is 36.4 Å². The van der Waals surface area contributed by atoms with Gasteiger partial charge in [-0.15, -0.1) is 0 Å². The predicted octanol–water partition coefficient (Wildman–Crippen LogP) is 3.49. The van der Waals surface area contributed by atoms with Gasteiger partial charge in [0.15, 0.2) is 0 Å². The van der Waals surface area contributed by atoms with Gasteiger partial charge in [0.1, 0.15) is 11.6 Å². The number of para-hydroxylation sites is 1. The van der Waals surface area contributed by atoms with E-state index in [0.29, 0.717) is 18.7 Å². The summed E-state index contributed by atoms with van der Waals surface area (Å²) in [6, 6.07) is 14.5. The SMILES string of the molecule is Cc1ccccc1OCCCN(C)CC(=O)N(C)Cc1ccccc1F. The lowest BCUT2D eigenvalue weighted by Gasteiger charge is -2.22. The van der Waals surface area contributed by atoms with E-state index in [9.17, 15) is 9.18 Å².